The van der Waals surface area contributed by atoms with Gasteiger partial charge < -0.3 is 10.6 Å². The fourth-order valence-electron chi connectivity index (χ4n) is 1.66. The number of halogens is 1. The third-order valence-corrected chi connectivity index (χ3v) is 3.41. The molecule has 7 heteroatoms. The van der Waals surface area contributed by atoms with Crippen LogP contribution in [0.25, 0.3) is 0 Å². The van der Waals surface area contributed by atoms with Gasteiger partial charge in [0.1, 0.15) is 5.69 Å². The number of benzene rings is 1. The van der Waals surface area contributed by atoms with Crippen molar-refractivity contribution in [1.82, 2.24) is 15.1 Å². The monoisotopic (exact) mass is 350 g/mol. The van der Waals surface area contributed by atoms with E-state index >= 15 is 0 Å². The van der Waals surface area contributed by atoms with Crippen molar-refractivity contribution in [3.05, 3.63) is 46.2 Å². The molecule has 0 saturated heterocycles. The average Bonchev–Trinajstić information content (AvgIpc) is 2.79. The molecule has 2 rings (SSSR count). The maximum Gasteiger partial charge on any atom is 0.272 e. The Morgan fingerprint density at radius 1 is 1.29 bits per heavy atom. The third kappa shape index (κ3) is 4.16. The van der Waals surface area contributed by atoms with Gasteiger partial charge in [-0.2, -0.15) is 5.10 Å². The Hall–Kier alpha value is -2.15. The summed E-state index contributed by atoms with van der Waals surface area (Å²) in [6, 6.07) is 8.86. The molecule has 0 bridgehead atoms. The topological polar surface area (TPSA) is 76.0 Å². The second-order valence-corrected chi connectivity index (χ2v) is 5.45. The lowest BCUT2D eigenvalue weighted by Gasteiger charge is -2.06. The second kappa shape index (κ2) is 6.53. The molecular weight excluding hydrogens is 336 g/mol. The Morgan fingerprint density at radius 2 is 1.95 bits per heavy atom. The van der Waals surface area contributed by atoms with Crippen LogP contribution in [0.15, 0.2) is 34.8 Å². The highest BCUT2D eigenvalue weighted by atomic mass is 79.9. The van der Waals surface area contributed by atoms with E-state index in [1.165, 1.54) is 0 Å². The molecule has 0 fully saturated rings. The van der Waals surface area contributed by atoms with Gasteiger partial charge in [-0.1, -0.05) is 15.9 Å². The number of carbonyl (C=O) groups excluding carboxylic acids is 2. The summed E-state index contributed by atoms with van der Waals surface area (Å²) in [5, 5.41) is 9.28. The smallest absolute Gasteiger partial charge is 0.272 e. The molecule has 110 valence electrons. The van der Waals surface area contributed by atoms with E-state index in [4.69, 9.17) is 0 Å². The minimum Gasteiger partial charge on any atom is -0.342 e. The summed E-state index contributed by atoms with van der Waals surface area (Å²) in [5.74, 6) is -0.664. The molecule has 6 nitrogen and oxygen atoms in total. The van der Waals surface area contributed by atoms with E-state index in [9.17, 15) is 9.59 Å². The Bertz CT molecular complexity index is 645. The van der Waals surface area contributed by atoms with E-state index < -0.39 is 0 Å². The summed E-state index contributed by atoms with van der Waals surface area (Å²) in [5.41, 5.74) is 1.84. The molecule has 1 aromatic heterocycles. The molecule has 1 aromatic carbocycles. The van der Waals surface area contributed by atoms with Gasteiger partial charge in [-0.3, -0.25) is 14.3 Å². The number of nitrogens with one attached hydrogen (secondary N) is 2. The third-order valence-electron chi connectivity index (χ3n) is 2.88. The number of rotatable bonds is 4. The molecule has 2 aromatic rings. The van der Waals surface area contributed by atoms with Crippen LogP contribution < -0.4 is 10.6 Å². The Balaban J connectivity index is 1.86. The van der Waals surface area contributed by atoms with Gasteiger partial charge in [-0.25, -0.2) is 0 Å². The van der Waals surface area contributed by atoms with E-state index in [0.717, 1.165) is 10.2 Å². The summed E-state index contributed by atoms with van der Waals surface area (Å²) in [4.78, 5) is 23.6. The lowest BCUT2D eigenvalue weighted by molar-refractivity contribution is -0.115. The molecule has 1 heterocycles. The number of amides is 2. The molecule has 0 atom stereocenters. The Kier molecular flexibility index (Phi) is 4.74. The van der Waals surface area contributed by atoms with Crippen LogP contribution in [0.5, 0.6) is 0 Å². The normalized spacial score (nSPS) is 10.2. The average molecular weight is 351 g/mol. The first kappa shape index (κ1) is 15.2. The molecule has 0 radical (unpaired) electrons. The Morgan fingerprint density at radius 3 is 2.52 bits per heavy atom. The van der Waals surface area contributed by atoms with Gasteiger partial charge in [0.25, 0.3) is 5.91 Å². The lowest BCUT2D eigenvalue weighted by atomic mass is 10.3. The summed E-state index contributed by atoms with van der Waals surface area (Å²) in [6.45, 7) is 1.74. The highest BCUT2D eigenvalue weighted by Crippen LogP contribution is 2.13. The number of hydrogen-bond donors (Lipinski definition) is 2. The maximum atomic E-state index is 11.8. The standard InChI is InChI=1S/C14H15BrN4O2/c1-9-7-12(18-19(9)2)14(21)16-8-13(20)17-11-5-3-10(15)4-6-11/h3-7H,8H2,1-2H3,(H,16,21)(H,17,20). The predicted molar refractivity (Wildman–Crippen MR) is 83.0 cm³/mol. The molecule has 0 saturated carbocycles. The zero-order valence-electron chi connectivity index (χ0n) is 11.7. The van der Waals surface area contributed by atoms with Crippen LogP contribution in [-0.4, -0.2) is 28.1 Å². The van der Waals surface area contributed by atoms with Crippen molar-refractivity contribution in [3.8, 4) is 0 Å². The quantitative estimate of drug-likeness (QED) is 0.883. The van der Waals surface area contributed by atoms with Gasteiger partial charge >= 0.3 is 0 Å². The van der Waals surface area contributed by atoms with E-state index in [1.807, 2.05) is 19.1 Å². The summed E-state index contributed by atoms with van der Waals surface area (Å²) >= 11 is 3.32. The van der Waals surface area contributed by atoms with Crippen molar-refractivity contribution in [3.63, 3.8) is 0 Å². The van der Waals surface area contributed by atoms with Crippen molar-refractivity contribution in [1.29, 1.82) is 0 Å². The van der Waals surface area contributed by atoms with E-state index in [0.29, 0.717) is 11.4 Å². The van der Waals surface area contributed by atoms with Gasteiger partial charge in [0.2, 0.25) is 5.91 Å². The van der Waals surface area contributed by atoms with Crippen LogP contribution in [0.2, 0.25) is 0 Å². The zero-order chi connectivity index (χ0) is 15.4. The summed E-state index contributed by atoms with van der Waals surface area (Å²) in [6.07, 6.45) is 0. The van der Waals surface area contributed by atoms with Crippen LogP contribution in [0, 0.1) is 6.92 Å². The second-order valence-electron chi connectivity index (χ2n) is 4.53. The number of aromatic nitrogens is 2. The van der Waals surface area contributed by atoms with Crippen LogP contribution in [0.4, 0.5) is 5.69 Å². The van der Waals surface area contributed by atoms with Crippen LogP contribution in [0.3, 0.4) is 0 Å². The van der Waals surface area contributed by atoms with Gasteiger partial charge in [0.05, 0.1) is 6.54 Å². The number of nitrogens with zero attached hydrogens (tertiary/aromatic N) is 2. The highest BCUT2D eigenvalue weighted by Gasteiger charge is 2.12. The van der Waals surface area contributed by atoms with E-state index in [1.54, 1.807) is 29.9 Å². The zero-order valence-corrected chi connectivity index (χ0v) is 13.3. The minimum atomic E-state index is -0.371. The van der Waals surface area contributed by atoms with E-state index in [-0.39, 0.29) is 18.4 Å². The summed E-state index contributed by atoms with van der Waals surface area (Å²) in [7, 11) is 1.76. The van der Waals surface area contributed by atoms with Crippen LogP contribution in [0.1, 0.15) is 16.2 Å². The molecular formula is C14H15BrN4O2. The SMILES string of the molecule is Cc1cc(C(=O)NCC(=O)Nc2ccc(Br)cc2)nn1C. The van der Waals surface area contributed by atoms with Crippen molar-refractivity contribution in [2.45, 2.75) is 6.92 Å². The van der Waals surface area contributed by atoms with E-state index in [2.05, 4.69) is 31.7 Å². The van der Waals surface area contributed by atoms with Crippen molar-refractivity contribution >= 4 is 33.4 Å². The van der Waals surface area contributed by atoms with Gasteiger partial charge in [-0.15, -0.1) is 0 Å². The number of hydrogen-bond acceptors (Lipinski definition) is 3. The van der Waals surface area contributed by atoms with Crippen LogP contribution in [-0.2, 0) is 11.8 Å². The highest BCUT2D eigenvalue weighted by molar-refractivity contribution is 9.10. The van der Waals surface area contributed by atoms with Crippen LogP contribution >= 0.6 is 15.9 Å². The first-order valence-corrected chi connectivity index (χ1v) is 7.09. The maximum absolute atomic E-state index is 11.8. The first-order chi connectivity index (χ1) is 9.95. The lowest BCUT2D eigenvalue weighted by Crippen LogP contribution is -2.33. The number of anilines is 1. The van der Waals surface area contributed by atoms with Gasteiger partial charge in [-0.05, 0) is 37.3 Å². The fourth-order valence-corrected chi connectivity index (χ4v) is 1.93. The molecule has 0 spiro atoms. The van der Waals surface area contributed by atoms with Crippen molar-refractivity contribution in [2.24, 2.45) is 7.05 Å². The molecule has 0 aliphatic carbocycles. The van der Waals surface area contributed by atoms with Crippen molar-refractivity contribution in [2.75, 3.05) is 11.9 Å². The summed E-state index contributed by atoms with van der Waals surface area (Å²) < 4.78 is 2.54. The van der Waals surface area contributed by atoms with Gasteiger partial charge in [0.15, 0.2) is 0 Å². The number of aryl methyl sites for hydroxylation is 2. The molecule has 0 aliphatic heterocycles. The fraction of sp³-hybridized carbons (Fsp3) is 0.214. The number of carbonyl (C=O) groups is 2. The largest absolute Gasteiger partial charge is 0.342 e. The minimum absolute atomic E-state index is 0.107. The molecule has 0 aliphatic rings. The molecule has 21 heavy (non-hydrogen) atoms. The molecule has 2 N–H and O–H groups in total. The molecule has 2 amide bonds. The molecule has 0 unspecified atom stereocenters. The van der Waals surface area contributed by atoms with Gasteiger partial charge in [0, 0.05) is 22.9 Å². The van der Waals surface area contributed by atoms with Crippen molar-refractivity contribution < 1.29 is 9.59 Å². The first-order valence-electron chi connectivity index (χ1n) is 6.30. The Labute approximate surface area is 130 Å². The predicted octanol–water partition coefficient (Wildman–Crippen LogP) is 1.86.